The summed E-state index contributed by atoms with van der Waals surface area (Å²) in [6, 6.07) is 22.6. The van der Waals surface area contributed by atoms with Crippen molar-refractivity contribution in [3.05, 3.63) is 72.9 Å². The lowest BCUT2D eigenvalue weighted by atomic mass is 10.1. The van der Waals surface area contributed by atoms with Crippen LogP contribution in [0.25, 0.3) is 28.1 Å². The third-order valence-corrected chi connectivity index (χ3v) is 6.24. The molecule has 1 saturated heterocycles. The van der Waals surface area contributed by atoms with Crippen LogP contribution in [0.4, 0.5) is 11.4 Å². The Morgan fingerprint density at radius 1 is 0.912 bits per heavy atom. The number of fused-ring (bicyclic) bond motifs is 2. The Hall–Kier alpha value is -4.04. The van der Waals surface area contributed by atoms with Crippen LogP contribution in [0, 0.1) is 0 Å². The summed E-state index contributed by atoms with van der Waals surface area (Å²) < 4.78 is 13.6. The number of benzene rings is 2. The van der Waals surface area contributed by atoms with Crippen molar-refractivity contribution in [3.63, 3.8) is 0 Å². The molecule has 0 saturated carbocycles. The van der Waals surface area contributed by atoms with E-state index in [1.54, 1.807) is 16.8 Å². The van der Waals surface area contributed by atoms with Crippen molar-refractivity contribution in [2.24, 2.45) is 5.73 Å². The predicted molar refractivity (Wildman–Crippen MR) is 134 cm³/mol. The minimum atomic E-state index is 0.411. The van der Waals surface area contributed by atoms with Gasteiger partial charge in [-0.25, -0.2) is 9.50 Å². The summed E-state index contributed by atoms with van der Waals surface area (Å²) in [5, 5.41) is 5.66. The van der Waals surface area contributed by atoms with Gasteiger partial charge < -0.3 is 24.7 Å². The lowest BCUT2D eigenvalue weighted by molar-refractivity contribution is 0.310. The Bertz CT molecular complexity index is 1420. The molecule has 0 atom stereocenters. The first-order valence-corrected chi connectivity index (χ1v) is 11.6. The first kappa shape index (κ1) is 20.6. The zero-order valence-corrected chi connectivity index (χ0v) is 18.8. The fourth-order valence-corrected chi connectivity index (χ4v) is 4.56. The number of furan rings is 1. The number of aromatic nitrogens is 3. The van der Waals surface area contributed by atoms with Crippen molar-refractivity contribution in [1.29, 1.82) is 0 Å². The van der Waals surface area contributed by atoms with E-state index < -0.39 is 0 Å². The Morgan fingerprint density at radius 2 is 1.74 bits per heavy atom. The number of nitrogens with zero attached hydrogens (tertiary/aromatic N) is 5. The van der Waals surface area contributed by atoms with Gasteiger partial charge in [0.25, 0.3) is 0 Å². The van der Waals surface area contributed by atoms with E-state index in [0.717, 1.165) is 54.2 Å². The molecule has 0 spiro atoms. The van der Waals surface area contributed by atoms with Gasteiger partial charge in [-0.15, -0.1) is 5.10 Å². The van der Waals surface area contributed by atoms with Gasteiger partial charge in [-0.3, -0.25) is 0 Å². The Morgan fingerprint density at radius 3 is 2.56 bits per heavy atom. The molecule has 34 heavy (non-hydrogen) atoms. The topological polar surface area (TPSA) is 85.1 Å². The van der Waals surface area contributed by atoms with Gasteiger partial charge in [0.15, 0.2) is 11.4 Å². The maximum absolute atomic E-state index is 6.26. The molecule has 1 fully saturated rings. The standard InChI is InChI=1S/C26H26N6O2/c27-11-16-33-26-10-9-25-28-18-22(32(25)29-26)24-17-20-21(7-4-8-23(20)34-24)31-14-12-30(13-15-31)19-5-2-1-3-6-19/h1-10,17-18H,11-16,27H2. The van der Waals surface area contributed by atoms with E-state index in [0.29, 0.717) is 19.0 Å². The number of rotatable bonds is 6. The van der Waals surface area contributed by atoms with Gasteiger partial charge in [0, 0.05) is 55.6 Å². The van der Waals surface area contributed by atoms with Crippen LogP contribution < -0.4 is 20.3 Å². The van der Waals surface area contributed by atoms with Gasteiger partial charge in [-0.2, -0.15) is 0 Å². The number of hydrogen-bond acceptors (Lipinski definition) is 7. The molecular formula is C26H26N6O2. The lowest BCUT2D eigenvalue weighted by Gasteiger charge is -2.37. The first-order chi connectivity index (χ1) is 16.8. The fraction of sp³-hybridized carbons (Fsp3) is 0.231. The van der Waals surface area contributed by atoms with Crippen LogP contribution in [0.15, 0.2) is 77.3 Å². The molecular weight excluding hydrogens is 428 g/mol. The highest BCUT2D eigenvalue weighted by Crippen LogP contribution is 2.35. The number of imidazole rings is 1. The van der Waals surface area contributed by atoms with Gasteiger partial charge in [-0.05, 0) is 36.4 Å². The van der Waals surface area contributed by atoms with Crippen molar-refractivity contribution in [3.8, 4) is 17.3 Å². The van der Waals surface area contributed by atoms with Crippen molar-refractivity contribution in [2.45, 2.75) is 0 Å². The maximum atomic E-state index is 6.26. The van der Waals surface area contributed by atoms with Crippen LogP contribution in [0.1, 0.15) is 0 Å². The second-order valence-corrected chi connectivity index (χ2v) is 8.33. The molecule has 1 aliphatic heterocycles. The van der Waals surface area contributed by atoms with Crippen LogP contribution >= 0.6 is 0 Å². The highest BCUT2D eigenvalue weighted by Gasteiger charge is 2.21. The number of para-hydroxylation sites is 1. The smallest absolute Gasteiger partial charge is 0.231 e. The molecule has 6 rings (SSSR count). The van der Waals surface area contributed by atoms with E-state index in [9.17, 15) is 0 Å². The number of piperazine rings is 1. The van der Waals surface area contributed by atoms with Crippen LogP contribution in [0.5, 0.6) is 5.88 Å². The van der Waals surface area contributed by atoms with E-state index in [4.69, 9.17) is 14.9 Å². The molecule has 3 aromatic heterocycles. The number of hydrogen-bond donors (Lipinski definition) is 1. The molecule has 8 nitrogen and oxygen atoms in total. The summed E-state index contributed by atoms with van der Waals surface area (Å²) in [6.07, 6.45) is 1.78. The van der Waals surface area contributed by atoms with E-state index >= 15 is 0 Å². The fourth-order valence-electron chi connectivity index (χ4n) is 4.56. The van der Waals surface area contributed by atoms with E-state index in [1.807, 2.05) is 12.1 Å². The molecule has 5 aromatic rings. The minimum absolute atomic E-state index is 0.411. The number of anilines is 2. The molecule has 0 radical (unpaired) electrons. The van der Waals surface area contributed by atoms with E-state index in [1.165, 1.54) is 11.4 Å². The highest BCUT2D eigenvalue weighted by atomic mass is 16.5. The largest absolute Gasteiger partial charge is 0.475 e. The van der Waals surface area contributed by atoms with Gasteiger partial charge >= 0.3 is 0 Å². The second-order valence-electron chi connectivity index (χ2n) is 8.33. The molecule has 1 aliphatic rings. The van der Waals surface area contributed by atoms with Gasteiger partial charge in [-0.1, -0.05) is 24.3 Å². The zero-order chi connectivity index (χ0) is 22.9. The Balaban J connectivity index is 1.30. The number of ether oxygens (including phenoxy) is 1. The lowest BCUT2D eigenvalue weighted by Crippen LogP contribution is -2.46. The maximum Gasteiger partial charge on any atom is 0.231 e. The Kier molecular flexibility index (Phi) is 5.27. The summed E-state index contributed by atoms with van der Waals surface area (Å²) in [4.78, 5) is 9.35. The molecule has 0 aliphatic carbocycles. The van der Waals surface area contributed by atoms with Gasteiger partial charge in [0.2, 0.25) is 5.88 Å². The summed E-state index contributed by atoms with van der Waals surface area (Å²) in [5.74, 6) is 1.23. The van der Waals surface area contributed by atoms with Crippen LogP contribution in [0.3, 0.4) is 0 Å². The SMILES string of the molecule is NCCOc1ccc2ncc(-c3cc4c(N5CCN(c6ccccc6)CC5)cccc4o3)n2n1. The molecule has 2 N–H and O–H groups in total. The molecule has 4 heterocycles. The summed E-state index contributed by atoms with van der Waals surface area (Å²) in [5.41, 5.74) is 10.4. The number of nitrogens with two attached hydrogens (primary N) is 1. The predicted octanol–water partition coefficient (Wildman–Crippen LogP) is 3.81. The molecule has 8 heteroatoms. The Labute approximate surface area is 197 Å². The molecule has 0 bridgehead atoms. The molecule has 172 valence electrons. The van der Waals surface area contributed by atoms with Crippen molar-refractivity contribution in [2.75, 3.05) is 49.1 Å². The van der Waals surface area contributed by atoms with Gasteiger partial charge in [0.05, 0.1) is 6.20 Å². The molecule has 2 aromatic carbocycles. The highest BCUT2D eigenvalue weighted by molar-refractivity contribution is 5.94. The summed E-state index contributed by atoms with van der Waals surface area (Å²) in [6.45, 7) is 4.71. The summed E-state index contributed by atoms with van der Waals surface area (Å²) in [7, 11) is 0. The monoisotopic (exact) mass is 454 g/mol. The van der Waals surface area contributed by atoms with Crippen LogP contribution in [0.2, 0.25) is 0 Å². The van der Waals surface area contributed by atoms with Crippen molar-refractivity contribution >= 4 is 28.0 Å². The van der Waals surface area contributed by atoms with Crippen molar-refractivity contribution < 1.29 is 9.15 Å². The van der Waals surface area contributed by atoms with Crippen molar-refractivity contribution in [1.82, 2.24) is 14.6 Å². The van der Waals surface area contributed by atoms with E-state index in [-0.39, 0.29) is 0 Å². The zero-order valence-electron chi connectivity index (χ0n) is 18.8. The first-order valence-electron chi connectivity index (χ1n) is 11.6. The third-order valence-electron chi connectivity index (χ3n) is 6.24. The van der Waals surface area contributed by atoms with Gasteiger partial charge in [0.1, 0.15) is 17.9 Å². The molecule has 0 unspecified atom stereocenters. The van der Waals surface area contributed by atoms with E-state index in [2.05, 4.69) is 68.4 Å². The molecule has 0 amide bonds. The average molecular weight is 455 g/mol. The normalized spacial score (nSPS) is 14.3. The second kappa shape index (κ2) is 8.72. The minimum Gasteiger partial charge on any atom is -0.475 e. The van der Waals surface area contributed by atoms with Crippen LogP contribution in [-0.2, 0) is 0 Å². The summed E-state index contributed by atoms with van der Waals surface area (Å²) >= 11 is 0. The average Bonchev–Trinajstić information content (AvgIpc) is 3.52. The van der Waals surface area contributed by atoms with Crippen LogP contribution in [-0.4, -0.2) is 53.9 Å². The third kappa shape index (κ3) is 3.72. The quantitative estimate of drug-likeness (QED) is 0.418.